The van der Waals surface area contributed by atoms with Crippen molar-refractivity contribution >= 4 is 28.5 Å². The summed E-state index contributed by atoms with van der Waals surface area (Å²) >= 11 is 1.74. The minimum Gasteiger partial charge on any atom is -0.391 e. The molecule has 8 nitrogen and oxygen atoms in total. The predicted octanol–water partition coefficient (Wildman–Crippen LogP) is 1.67. The zero-order valence-corrected chi connectivity index (χ0v) is 19.5. The largest absolute Gasteiger partial charge is 0.391 e. The van der Waals surface area contributed by atoms with Gasteiger partial charge in [-0.1, -0.05) is 20.8 Å². The van der Waals surface area contributed by atoms with Crippen molar-refractivity contribution in [1.29, 1.82) is 0 Å². The molecule has 1 fully saturated rings. The quantitative estimate of drug-likeness (QED) is 0.491. The lowest BCUT2D eigenvalue weighted by Crippen LogP contribution is -2.56. The van der Waals surface area contributed by atoms with Crippen LogP contribution < -0.4 is 21.0 Å². The third-order valence-corrected chi connectivity index (χ3v) is 6.67. The van der Waals surface area contributed by atoms with E-state index in [1.807, 2.05) is 39.8 Å². The van der Waals surface area contributed by atoms with Crippen LogP contribution in [-0.2, 0) is 9.59 Å². The summed E-state index contributed by atoms with van der Waals surface area (Å²) in [5.41, 5.74) is 4.34. The molecule has 0 unspecified atom stereocenters. The first-order chi connectivity index (χ1) is 14.6. The van der Waals surface area contributed by atoms with Gasteiger partial charge in [-0.25, -0.2) is 0 Å². The number of thioether (sulfide) groups is 1. The number of nitrogens with one attached hydrogen (secondary N) is 3. The van der Waals surface area contributed by atoms with Gasteiger partial charge in [0.05, 0.1) is 18.0 Å². The number of rotatable bonds is 6. The highest BCUT2D eigenvalue weighted by Gasteiger charge is 2.43. The van der Waals surface area contributed by atoms with Crippen LogP contribution in [0.3, 0.4) is 0 Å². The number of hydrogen-bond acceptors (Lipinski definition) is 7. The van der Waals surface area contributed by atoms with E-state index in [-0.39, 0.29) is 24.3 Å². The molecule has 2 amide bonds. The fourth-order valence-corrected chi connectivity index (χ4v) is 4.98. The van der Waals surface area contributed by atoms with Crippen molar-refractivity contribution < 1.29 is 19.5 Å². The average Bonchev–Trinajstić information content (AvgIpc) is 3.31. The average molecular weight is 449 g/mol. The number of likely N-dealkylation sites (N-methyl/N-ethyl adjacent to an activating group) is 1. The third kappa shape index (κ3) is 5.34. The van der Waals surface area contributed by atoms with Crippen LogP contribution >= 0.6 is 11.8 Å². The number of nitrogens with zero attached hydrogens (tertiary/aromatic N) is 1. The van der Waals surface area contributed by atoms with Crippen LogP contribution in [0.15, 0.2) is 30.0 Å². The number of carbonyl (C=O) groups is 2. The second kappa shape index (κ2) is 9.50. The van der Waals surface area contributed by atoms with Crippen molar-refractivity contribution in [2.45, 2.75) is 52.3 Å². The van der Waals surface area contributed by atoms with Crippen molar-refractivity contribution in [3.63, 3.8) is 0 Å². The van der Waals surface area contributed by atoms with Crippen molar-refractivity contribution in [3.05, 3.63) is 35.5 Å². The molecule has 1 aromatic carbocycles. The molecular formula is C22H32N4O4S. The van der Waals surface area contributed by atoms with E-state index in [0.717, 1.165) is 17.1 Å². The number of aliphatic hydroxyl groups is 1. The molecule has 31 heavy (non-hydrogen) atoms. The standard InChI is InChI=1S/C22H32N4O4S/c1-13-18(31-12-24-13)14-6-8-16(9-7-14)30-25-20(28)17-10-15(27)11-26(17)21(29)19(23-5)22(2,3)4/h6-9,15,17,19,23-24,27H,10-12H2,1-5H3,(H,25,28)/t15-,17+,19-/m1/s1. The molecule has 4 N–H and O–H groups in total. The highest BCUT2D eigenvalue weighted by Crippen LogP contribution is 2.34. The minimum atomic E-state index is -0.784. The number of hydrogen-bond donors (Lipinski definition) is 4. The molecule has 2 aliphatic heterocycles. The summed E-state index contributed by atoms with van der Waals surface area (Å²) in [6.07, 6.45) is -0.566. The van der Waals surface area contributed by atoms with Gasteiger partial charge in [0, 0.05) is 23.6 Å². The van der Waals surface area contributed by atoms with Gasteiger partial charge in [0.2, 0.25) is 5.91 Å². The summed E-state index contributed by atoms with van der Waals surface area (Å²) in [5.74, 6) is 0.696. The van der Waals surface area contributed by atoms with Crippen molar-refractivity contribution in [1.82, 2.24) is 21.0 Å². The van der Waals surface area contributed by atoms with E-state index in [4.69, 9.17) is 4.84 Å². The molecule has 0 saturated carbocycles. The summed E-state index contributed by atoms with van der Waals surface area (Å²) in [4.78, 5) is 34.0. The number of aliphatic hydroxyl groups excluding tert-OH is 1. The zero-order chi connectivity index (χ0) is 22.8. The number of likely N-dealkylation sites (tertiary alicyclic amines) is 1. The van der Waals surface area contributed by atoms with Crippen LogP contribution in [0.2, 0.25) is 0 Å². The summed E-state index contributed by atoms with van der Waals surface area (Å²) in [6, 6.07) is 6.21. The summed E-state index contributed by atoms with van der Waals surface area (Å²) < 4.78 is 0. The molecule has 3 rings (SSSR count). The summed E-state index contributed by atoms with van der Waals surface area (Å²) in [5, 5.41) is 16.4. The lowest BCUT2D eigenvalue weighted by atomic mass is 9.86. The van der Waals surface area contributed by atoms with Gasteiger partial charge in [-0.3, -0.25) is 9.59 Å². The van der Waals surface area contributed by atoms with Crippen LogP contribution in [-0.4, -0.2) is 59.5 Å². The topological polar surface area (TPSA) is 103 Å². The van der Waals surface area contributed by atoms with E-state index in [0.29, 0.717) is 5.75 Å². The number of allylic oxidation sites excluding steroid dienone is 1. The Morgan fingerprint density at radius 3 is 2.52 bits per heavy atom. The maximum absolute atomic E-state index is 13.1. The van der Waals surface area contributed by atoms with E-state index >= 15 is 0 Å². The molecule has 9 heteroatoms. The molecule has 0 spiro atoms. The predicted molar refractivity (Wildman–Crippen MR) is 122 cm³/mol. The van der Waals surface area contributed by atoms with Gasteiger partial charge in [0.15, 0.2) is 5.75 Å². The molecule has 0 aromatic heterocycles. The highest BCUT2D eigenvalue weighted by molar-refractivity contribution is 8.08. The fraction of sp³-hybridized carbons (Fsp3) is 0.545. The summed E-state index contributed by atoms with van der Waals surface area (Å²) in [7, 11) is 1.72. The third-order valence-electron chi connectivity index (χ3n) is 5.55. The Kier molecular flexibility index (Phi) is 7.18. The fourth-order valence-electron chi connectivity index (χ4n) is 3.96. The van der Waals surface area contributed by atoms with Gasteiger partial charge in [0.1, 0.15) is 6.04 Å². The van der Waals surface area contributed by atoms with E-state index in [2.05, 4.69) is 16.1 Å². The van der Waals surface area contributed by atoms with E-state index in [1.54, 1.807) is 30.9 Å². The van der Waals surface area contributed by atoms with Gasteiger partial charge >= 0.3 is 0 Å². The molecule has 2 heterocycles. The Morgan fingerprint density at radius 2 is 1.97 bits per heavy atom. The molecule has 2 aliphatic rings. The van der Waals surface area contributed by atoms with Crippen LogP contribution in [0.4, 0.5) is 0 Å². The second-order valence-electron chi connectivity index (χ2n) is 9.00. The van der Waals surface area contributed by atoms with Crippen LogP contribution in [0.1, 0.15) is 39.7 Å². The monoisotopic (exact) mass is 448 g/mol. The molecule has 0 bridgehead atoms. The van der Waals surface area contributed by atoms with E-state index < -0.39 is 24.1 Å². The van der Waals surface area contributed by atoms with Crippen LogP contribution in [0.25, 0.3) is 4.91 Å². The van der Waals surface area contributed by atoms with E-state index in [1.165, 1.54) is 9.81 Å². The first kappa shape index (κ1) is 23.4. The second-order valence-corrected chi connectivity index (χ2v) is 9.98. The van der Waals surface area contributed by atoms with E-state index in [9.17, 15) is 14.7 Å². The first-order valence-corrected chi connectivity index (χ1v) is 11.4. The number of carbonyl (C=O) groups excluding carboxylic acids is 2. The Balaban J connectivity index is 1.63. The normalized spacial score (nSPS) is 22.3. The Labute approximate surface area is 187 Å². The molecule has 1 aromatic rings. The summed E-state index contributed by atoms with van der Waals surface area (Å²) in [6.45, 7) is 8.04. The van der Waals surface area contributed by atoms with Crippen LogP contribution in [0, 0.1) is 5.41 Å². The van der Waals surface area contributed by atoms with Crippen molar-refractivity contribution in [3.8, 4) is 5.75 Å². The molecule has 3 atom stereocenters. The van der Waals surface area contributed by atoms with Gasteiger partial charge in [0.25, 0.3) is 5.91 Å². The zero-order valence-electron chi connectivity index (χ0n) is 18.7. The number of hydroxylamine groups is 1. The van der Waals surface area contributed by atoms with Crippen LogP contribution in [0.5, 0.6) is 5.75 Å². The number of β-amino-alcohol motifs (C(OH)–C–C–N with tert-alkyl or cyclic N) is 1. The lowest BCUT2D eigenvalue weighted by Gasteiger charge is -2.34. The van der Waals surface area contributed by atoms with Crippen molar-refractivity contribution in [2.24, 2.45) is 5.41 Å². The van der Waals surface area contributed by atoms with Gasteiger partial charge in [-0.2, -0.15) is 5.48 Å². The molecule has 0 aliphatic carbocycles. The number of amides is 2. The Bertz CT molecular complexity index is 850. The first-order valence-electron chi connectivity index (χ1n) is 10.4. The Morgan fingerprint density at radius 1 is 1.29 bits per heavy atom. The molecular weight excluding hydrogens is 416 g/mol. The SMILES string of the molecule is CN[C@H](C(=O)N1C[C@H](O)C[C@H]1C(=O)NOc1ccc(C2=C(C)NCS2)cc1)C(C)(C)C. The van der Waals surface area contributed by atoms with Crippen molar-refractivity contribution in [2.75, 3.05) is 19.5 Å². The minimum absolute atomic E-state index is 0.125. The Hall–Kier alpha value is -2.23. The molecule has 1 saturated heterocycles. The maximum Gasteiger partial charge on any atom is 0.275 e. The highest BCUT2D eigenvalue weighted by atomic mass is 32.2. The van der Waals surface area contributed by atoms with Gasteiger partial charge in [-0.05, 0) is 49.2 Å². The molecule has 0 radical (unpaired) electrons. The lowest BCUT2D eigenvalue weighted by molar-refractivity contribution is -0.144. The van der Waals surface area contributed by atoms with Gasteiger partial charge < -0.3 is 25.5 Å². The van der Waals surface area contributed by atoms with Gasteiger partial charge in [-0.15, -0.1) is 11.8 Å². The number of benzene rings is 1. The maximum atomic E-state index is 13.1. The molecule has 170 valence electrons. The smallest absolute Gasteiger partial charge is 0.275 e.